The van der Waals surface area contributed by atoms with E-state index in [0.717, 1.165) is 37.3 Å². The van der Waals surface area contributed by atoms with Gasteiger partial charge in [-0.05, 0) is 55.8 Å². The molecular weight excluding hydrogens is 250 g/mol. The van der Waals surface area contributed by atoms with Crippen molar-refractivity contribution < 1.29 is 4.79 Å². The van der Waals surface area contributed by atoms with Crippen LogP contribution in [0.2, 0.25) is 0 Å². The number of benzene rings is 1. The lowest BCUT2D eigenvalue weighted by Crippen LogP contribution is -2.37. The van der Waals surface area contributed by atoms with Crippen molar-refractivity contribution in [3.05, 3.63) is 48.8 Å². The van der Waals surface area contributed by atoms with Crippen LogP contribution in [0.1, 0.15) is 12.8 Å². The van der Waals surface area contributed by atoms with Crippen LogP contribution in [-0.4, -0.2) is 23.6 Å². The van der Waals surface area contributed by atoms with Gasteiger partial charge in [0.05, 0.1) is 5.92 Å². The molecule has 1 atom stereocenters. The van der Waals surface area contributed by atoms with Crippen LogP contribution in [0.3, 0.4) is 0 Å². The first-order valence-electron chi connectivity index (χ1n) is 7.08. The van der Waals surface area contributed by atoms with Crippen molar-refractivity contribution >= 4 is 11.6 Å². The van der Waals surface area contributed by atoms with Crippen molar-refractivity contribution in [1.29, 1.82) is 0 Å². The van der Waals surface area contributed by atoms with Crippen molar-refractivity contribution in [2.24, 2.45) is 5.92 Å². The second-order valence-electron chi connectivity index (χ2n) is 5.17. The Morgan fingerprint density at radius 1 is 1.20 bits per heavy atom. The minimum Gasteiger partial charge on any atom is -0.326 e. The molecule has 1 aromatic heterocycles. The molecule has 1 saturated heterocycles. The number of amides is 1. The van der Waals surface area contributed by atoms with Crippen molar-refractivity contribution in [1.82, 2.24) is 9.88 Å². The van der Waals surface area contributed by atoms with Gasteiger partial charge in [-0.15, -0.1) is 0 Å². The van der Waals surface area contributed by atoms with Crippen molar-refractivity contribution in [2.75, 3.05) is 18.4 Å². The number of nitrogens with one attached hydrogen (secondary N) is 2. The predicted molar refractivity (Wildman–Crippen MR) is 80.0 cm³/mol. The highest BCUT2D eigenvalue weighted by Crippen LogP contribution is 2.16. The summed E-state index contributed by atoms with van der Waals surface area (Å²) in [6.45, 7) is 1.81. The Morgan fingerprint density at radius 2 is 1.95 bits per heavy atom. The number of hydrogen-bond acceptors (Lipinski definition) is 2. The number of piperidine rings is 1. The molecule has 1 aliphatic rings. The van der Waals surface area contributed by atoms with Gasteiger partial charge in [0.15, 0.2) is 0 Å². The lowest BCUT2D eigenvalue weighted by molar-refractivity contribution is -0.120. The molecule has 1 aliphatic heterocycles. The number of carbonyl (C=O) groups is 1. The SMILES string of the molecule is O=C(Nc1ccc(-n2cccc2)cc1)C1CCCNC1. The van der Waals surface area contributed by atoms with Gasteiger partial charge in [0.1, 0.15) is 0 Å². The molecular formula is C16H19N3O. The zero-order valence-electron chi connectivity index (χ0n) is 11.4. The summed E-state index contributed by atoms with van der Waals surface area (Å²) in [4.78, 5) is 12.1. The van der Waals surface area contributed by atoms with Gasteiger partial charge < -0.3 is 15.2 Å². The third kappa shape index (κ3) is 2.91. The van der Waals surface area contributed by atoms with E-state index >= 15 is 0 Å². The van der Waals surface area contributed by atoms with E-state index in [1.165, 1.54) is 0 Å². The number of aromatic nitrogens is 1. The van der Waals surface area contributed by atoms with E-state index in [1.807, 2.05) is 53.4 Å². The fraction of sp³-hybridized carbons (Fsp3) is 0.312. The van der Waals surface area contributed by atoms with Crippen LogP contribution in [-0.2, 0) is 4.79 Å². The van der Waals surface area contributed by atoms with Crippen molar-refractivity contribution in [3.63, 3.8) is 0 Å². The minimum absolute atomic E-state index is 0.0906. The average Bonchev–Trinajstić information content (AvgIpc) is 3.03. The Morgan fingerprint density at radius 3 is 2.60 bits per heavy atom. The summed E-state index contributed by atoms with van der Waals surface area (Å²) >= 11 is 0. The van der Waals surface area contributed by atoms with Crippen molar-refractivity contribution in [2.45, 2.75) is 12.8 Å². The van der Waals surface area contributed by atoms with Crippen LogP contribution in [0.5, 0.6) is 0 Å². The molecule has 2 aromatic rings. The Balaban J connectivity index is 1.64. The predicted octanol–water partition coefficient (Wildman–Crippen LogP) is 2.42. The summed E-state index contributed by atoms with van der Waals surface area (Å²) in [7, 11) is 0. The quantitative estimate of drug-likeness (QED) is 0.899. The van der Waals surface area contributed by atoms with Gasteiger partial charge in [0.2, 0.25) is 5.91 Å². The molecule has 1 unspecified atom stereocenters. The highest BCUT2D eigenvalue weighted by molar-refractivity contribution is 5.92. The molecule has 0 spiro atoms. The number of nitrogens with zero attached hydrogens (tertiary/aromatic N) is 1. The number of carbonyl (C=O) groups excluding carboxylic acids is 1. The third-order valence-electron chi connectivity index (χ3n) is 3.71. The summed E-state index contributed by atoms with van der Waals surface area (Å²) in [5, 5.41) is 6.26. The second kappa shape index (κ2) is 5.92. The van der Waals surface area contributed by atoms with Gasteiger partial charge in [-0.2, -0.15) is 0 Å². The summed E-state index contributed by atoms with van der Waals surface area (Å²) in [6, 6.07) is 11.9. The van der Waals surface area contributed by atoms with Crippen LogP contribution in [0.4, 0.5) is 5.69 Å². The van der Waals surface area contributed by atoms with E-state index in [4.69, 9.17) is 0 Å². The summed E-state index contributed by atoms with van der Waals surface area (Å²) in [6.07, 6.45) is 6.05. The lowest BCUT2D eigenvalue weighted by Gasteiger charge is -2.21. The molecule has 2 N–H and O–H groups in total. The van der Waals surface area contributed by atoms with E-state index in [2.05, 4.69) is 10.6 Å². The molecule has 0 bridgehead atoms. The molecule has 1 aromatic carbocycles. The van der Waals surface area contributed by atoms with Crippen LogP contribution >= 0.6 is 0 Å². The first kappa shape index (κ1) is 12.9. The first-order chi connectivity index (χ1) is 9.83. The molecule has 2 heterocycles. The number of hydrogen-bond donors (Lipinski definition) is 2. The van der Waals surface area contributed by atoms with E-state index in [0.29, 0.717) is 0 Å². The van der Waals surface area contributed by atoms with Gasteiger partial charge in [-0.25, -0.2) is 0 Å². The smallest absolute Gasteiger partial charge is 0.228 e. The maximum absolute atomic E-state index is 12.1. The van der Waals surface area contributed by atoms with Gasteiger partial charge in [-0.1, -0.05) is 0 Å². The topological polar surface area (TPSA) is 46.1 Å². The number of anilines is 1. The normalized spacial score (nSPS) is 18.7. The van der Waals surface area contributed by atoms with E-state index in [1.54, 1.807) is 0 Å². The van der Waals surface area contributed by atoms with Crippen LogP contribution in [0.15, 0.2) is 48.8 Å². The van der Waals surface area contributed by atoms with E-state index in [-0.39, 0.29) is 11.8 Å². The molecule has 0 saturated carbocycles. The fourth-order valence-corrected chi connectivity index (χ4v) is 2.54. The third-order valence-corrected chi connectivity index (χ3v) is 3.71. The van der Waals surface area contributed by atoms with Gasteiger partial charge >= 0.3 is 0 Å². The summed E-state index contributed by atoms with van der Waals surface area (Å²) in [5.41, 5.74) is 1.95. The minimum atomic E-state index is 0.0906. The molecule has 0 radical (unpaired) electrons. The van der Waals surface area contributed by atoms with Gasteiger partial charge in [0, 0.05) is 30.3 Å². The maximum Gasteiger partial charge on any atom is 0.228 e. The number of rotatable bonds is 3. The van der Waals surface area contributed by atoms with Gasteiger partial charge in [-0.3, -0.25) is 4.79 Å². The zero-order valence-corrected chi connectivity index (χ0v) is 11.4. The van der Waals surface area contributed by atoms with Crippen LogP contribution in [0.25, 0.3) is 5.69 Å². The Hall–Kier alpha value is -2.07. The molecule has 1 amide bonds. The molecule has 4 heteroatoms. The molecule has 0 aliphatic carbocycles. The van der Waals surface area contributed by atoms with Gasteiger partial charge in [0.25, 0.3) is 0 Å². The Kier molecular flexibility index (Phi) is 3.83. The summed E-state index contributed by atoms with van der Waals surface area (Å²) in [5.74, 6) is 0.207. The van der Waals surface area contributed by atoms with E-state index in [9.17, 15) is 4.79 Å². The van der Waals surface area contributed by atoms with Crippen molar-refractivity contribution in [3.8, 4) is 5.69 Å². The molecule has 4 nitrogen and oxygen atoms in total. The maximum atomic E-state index is 12.1. The molecule has 20 heavy (non-hydrogen) atoms. The first-order valence-corrected chi connectivity index (χ1v) is 7.08. The Labute approximate surface area is 118 Å². The highest BCUT2D eigenvalue weighted by Gasteiger charge is 2.20. The van der Waals surface area contributed by atoms with Crippen LogP contribution in [0, 0.1) is 5.92 Å². The summed E-state index contributed by atoms with van der Waals surface area (Å²) < 4.78 is 2.04. The molecule has 3 rings (SSSR count). The molecule has 1 fully saturated rings. The van der Waals surface area contributed by atoms with Crippen LogP contribution < -0.4 is 10.6 Å². The second-order valence-corrected chi connectivity index (χ2v) is 5.17. The fourth-order valence-electron chi connectivity index (χ4n) is 2.54. The monoisotopic (exact) mass is 269 g/mol. The highest BCUT2D eigenvalue weighted by atomic mass is 16.1. The zero-order chi connectivity index (χ0) is 13.8. The largest absolute Gasteiger partial charge is 0.326 e. The average molecular weight is 269 g/mol. The molecule has 104 valence electrons. The standard InChI is InChI=1S/C16H19N3O/c20-16(13-4-3-9-17-12-13)18-14-5-7-15(8-6-14)19-10-1-2-11-19/h1-2,5-8,10-11,13,17H,3-4,9,12H2,(H,18,20). The van der Waals surface area contributed by atoms with E-state index < -0.39 is 0 Å². The Bertz CT molecular complexity index is 554. The lowest BCUT2D eigenvalue weighted by atomic mass is 9.99.